The number of H-pyrrole nitrogens is 1. The summed E-state index contributed by atoms with van der Waals surface area (Å²) in [6.07, 6.45) is -0.662. The fraction of sp³-hybridized carbons (Fsp3) is 0.305. The van der Waals surface area contributed by atoms with E-state index in [1.807, 2.05) is 34.9 Å². The van der Waals surface area contributed by atoms with Crippen molar-refractivity contribution in [3.63, 3.8) is 0 Å². The van der Waals surface area contributed by atoms with Gasteiger partial charge in [0.25, 0.3) is 0 Å². The van der Waals surface area contributed by atoms with Gasteiger partial charge in [0.05, 0.1) is 46.6 Å². The summed E-state index contributed by atoms with van der Waals surface area (Å²) in [6.45, 7) is 35.4. The molecule has 133 heavy (non-hydrogen) atoms. The van der Waals surface area contributed by atoms with Gasteiger partial charge in [-0.3, -0.25) is 20.1 Å². The Balaban J connectivity index is 0.00000148. The smallest absolute Gasteiger partial charge is 0.512 e. The minimum absolute atomic E-state index is 0. The number of hydrogen-bond acceptors (Lipinski definition) is 26. The number of halogens is 17. The van der Waals surface area contributed by atoms with Gasteiger partial charge in [0, 0.05) is 129 Å². The number of carbonyl (C=O) groups is 3. The van der Waals surface area contributed by atoms with Crippen molar-refractivity contribution in [2.75, 3.05) is 107 Å². The molecule has 0 unspecified atom stereocenters. The number of aromatic amines is 1. The van der Waals surface area contributed by atoms with Gasteiger partial charge in [-0.2, -0.15) is 24.1 Å². The van der Waals surface area contributed by atoms with Crippen molar-refractivity contribution in [3.8, 4) is 12.1 Å². The number of likely N-dealkylation sites (N-methyl/N-ethyl adjacent to an activating group) is 2. The number of nitrogens with two attached hydrogens (primary N) is 4. The fourth-order valence-corrected chi connectivity index (χ4v) is 11.6. The normalized spacial score (nSPS) is 11.5. The molecule has 51 heteroatoms. The number of nitrogen functional groups attached to an aromatic ring is 3. The standard InChI is InChI=1S/C16H19FN6.C11H8ClFN4.C11H9FN4O.C11H11FN2O2.C8H7FN2.C7H7FIN.C7H8FN.C5H12N2.C3H5ClO2.C2H6N2O.CN.Cl3OP.ClI.2ClH.Cu/c1-10-8-14-12(9-13(10)17)15-18-11(2)20-23(15)16(19-14)22-6-4-21(3)5-7-22;1-5-3-9-7(4-8(5)13)10-14-6(2)16-17(10)11(12)15-9;1-5-3-9-7(4-8(5)12)10-13-6(2)15-16(10)11(17)14-9;1-3-16-11(15)14-10-4-7(2)9(12)5-8(10)6-13;1-5-2-8(11)6(4-10)3-7(5)9;1-4-2-7(10)6(9)3-5(4)8;1-5-4-6(9)2-3-7(5)8;1-7-4-2-6-3-5-7;1-2-6-3(4)5;1-2(5)4-3;1-2;1-5(2,3)4;1-2;;;/h8-9H,4-7H2,1-3H3;3-4H,1-2H3;3-4H,1-2H3,(H,14,17);4-5H,3H2,1-2H3,(H,14,15);2-3H,11H2,1H3;2-3H,10H2,1H3;2-4H,9H2,1H3;6H,2-5H2,1H3;2H2,1H3;3H2,1H3,(H,4,5);;;;2*1H;/q;;;;;;;;;;-1;;;;;+1. The Hall–Kier alpha value is -9.47. The van der Waals surface area contributed by atoms with Crippen LogP contribution in [0, 0.1) is 148 Å². The van der Waals surface area contributed by atoms with Crippen LogP contribution in [0.4, 0.5) is 69.0 Å². The molecule has 2 amide bonds. The molecule has 724 valence electrons. The third kappa shape index (κ3) is 40.5. The molecule has 8 heterocycles. The van der Waals surface area contributed by atoms with Crippen molar-refractivity contribution in [1.82, 2.24) is 79.3 Å². The number of nitrogens with zero attached hydrogens (tertiary/aromatic N) is 17. The molecule has 0 atom stereocenters. The third-order valence-electron chi connectivity index (χ3n) is 17.4. The van der Waals surface area contributed by atoms with Gasteiger partial charge in [-0.05, 0) is 304 Å². The van der Waals surface area contributed by atoms with Gasteiger partial charge < -0.3 is 63.5 Å². The Morgan fingerprint density at radius 2 is 0.947 bits per heavy atom. The van der Waals surface area contributed by atoms with Gasteiger partial charge in [0.2, 0.25) is 17.1 Å². The molecule has 0 radical (unpaired) electrons. The fourth-order valence-electron chi connectivity index (χ4n) is 10.9. The minimum atomic E-state index is -3.22. The number of nitrogens with one attached hydrogen (secondary N) is 4. The number of ether oxygens (including phenoxy) is 2. The maximum Gasteiger partial charge on any atom is 1.00 e. The van der Waals surface area contributed by atoms with Crippen LogP contribution >= 0.6 is 140 Å². The molecule has 2 aliphatic rings. The molecule has 2 saturated heterocycles. The number of carbonyl (C=O) groups excluding carboxylic acids is 3. The Morgan fingerprint density at radius 3 is 1.38 bits per heavy atom. The monoisotopic (exact) mass is 2300 g/mol. The summed E-state index contributed by atoms with van der Waals surface area (Å²) in [5.74, 6) is 4.72. The number of anilines is 5. The molecular formula is C82H94Cl8CuF7I2N25O7P. The second kappa shape index (κ2) is 60.8. The molecule has 6 aromatic heterocycles. The van der Waals surface area contributed by atoms with E-state index in [1.165, 1.54) is 67.0 Å². The maximum absolute atomic E-state index is 14.0. The zero-order chi connectivity index (χ0) is 98.5. The largest absolute Gasteiger partial charge is 1.00 e. The van der Waals surface area contributed by atoms with Gasteiger partial charge >= 0.3 is 39.5 Å². The van der Waals surface area contributed by atoms with E-state index < -0.39 is 28.4 Å². The van der Waals surface area contributed by atoms with E-state index in [9.17, 15) is 54.5 Å². The van der Waals surface area contributed by atoms with Crippen LogP contribution in [0.5, 0.6) is 0 Å². The molecule has 15 rings (SSSR count). The van der Waals surface area contributed by atoms with Crippen LogP contribution in [-0.2, 0) is 35.9 Å². The number of aryl methyl sites for hydroxylation is 10. The molecule has 0 bridgehead atoms. The van der Waals surface area contributed by atoms with E-state index in [2.05, 4.69) is 138 Å². The van der Waals surface area contributed by atoms with Gasteiger partial charge in [0.15, 0.2) is 16.9 Å². The first-order valence-corrected chi connectivity index (χ1v) is 47.0. The molecule has 2 aliphatic heterocycles. The summed E-state index contributed by atoms with van der Waals surface area (Å²) in [4.78, 5) is 73.3. The quantitative estimate of drug-likeness (QED) is 0.00693. The van der Waals surface area contributed by atoms with Crippen LogP contribution in [0.15, 0.2) is 95.8 Å². The van der Waals surface area contributed by atoms with Crippen molar-refractivity contribution in [1.29, 1.82) is 15.8 Å². The van der Waals surface area contributed by atoms with Gasteiger partial charge in [-0.1, -0.05) is 0 Å². The van der Waals surface area contributed by atoms with E-state index in [0.29, 0.717) is 124 Å². The van der Waals surface area contributed by atoms with Crippen LogP contribution in [0.25, 0.3) is 49.7 Å². The second-order valence-corrected chi connectivity index (χ2v) is 35.9. The summed E-state index contributed by atoms with van der Waals surface area (Å²) < 4.78 is 116. The molecule has 2 fully saturated rings. The number of rotatable bonds is 4. The molecule has 7 aromatic carbocycles. The number of hydrazine groups is 1. The maximum atomic E-state index is 14.0. The average Bonchev–Trinajstić information content (AvgIpc) is 1.65. The third-order valence-corrected chi connectivity index (χ3v) is 18.7. The molecule has 0 aliphatic carbocycles. The van der Waals surface area contributed by atoms with Crippen LogP contribution in [-0.4, -0.2) is 166 Å². The number of nitriles is 2. The van der Waals surface area contributed by atoms with E-state index in [1.54, 1.807) is 151 Å². The van der Waals surface area contributed by atoms with Crippen molar-refractivity contribution in [2.24, 2.45) is 5.84 Å². The van der Waals surface area contributed by atoms with Crippen molar-refractivity contribution in [2.45, 2.75) is 90.0 Å². The molecule has 32 nitrogen and oxygen atoms in total. The van der Waals surface area contributed by atoms with E-state index in [4.69, 9.17) is 67.7 Å². The van der Waals surface area contributed by atoms with E-state index >= 15 is 0 Å². The predicted molar refractivity (Wildman–Crippen MR) is 527 cm³/mol. The van der Waals surface area contributed by atoms with E-state index in [0.717, 1.165) is 71.0 Å². The van der Waals surface area contributed by atoms with Crippen molar-refractivity contribution < 1.29 is 76.2 Å². The molecule has 0 spiro atoms. The Morgan fingerprint density at radius 1 is 0.556 bits per heavy atom. The Kier molecular flexibility index (Phi) is 56.5. The molecule has 13 aromatic rings. The minimum Gasteiger partial charge on any atom is -0.512 e. The van der Waals surface area contributed by atoms with Crippen molar-refractivity contribution in [3.05, 3.63) is 225 Å². The summed E-state index contributed by atoms with van der Waals surface area (Å²) in [5, 5.41) is 40.5. The second-order valence-electron chi connectivity index (χ2n) is 27.4. The summed E-state index contributed by atoms with van der Waals surface area (Å²) in [7, 11) is 8.88. The number of hydrogen-bond donors (Lipinski definition) is 8. The summed E-state index contributed by atoms with van der Waals surface area (Å²) in [5.41, 5.74) is 26.2. The van der Waals surface area contributed by atoms with Crippen LogP contribution < -0.4 is 49.7 Å². The number of benzene rings is 7. The first-order chi connectivity index (χ1) is 61.1. The topological polar surface area (TPSA) is 457 Å². The summed E-state index contributed by atoms with van der Waals surface area (Å²) in [6, 6.07) is 25.6. The first kappa shape index (κ1) is 124. The van der Waals surface area contributed by atoms with Gasteiger partial charge in [0.1, 0.15) is 70.3 Å². The van der Waals surface area contributed by atoms with E-state index in [-0.39, 0.29) is 111 Å². The Bertz CT molecular complexity index is 6250. The number of aromatic nitrogens is 12. The van der Waals surface area contributed by atoms with Gasteiger partial charge in [-0.15, -0.1) is 40.1 Å². The SMILES string of the molecule is CC(=O)NN.CCOC(=O)Cl.CCOC(=O)Nc1cc(C)c(F)cc1C#N.CN1CCNCC1.Cc1cc(N)c(C#N)cc1F.Cc1cc(N)c(I)cc1F.Cc1cc(N)ccc1F.Cc1nc2c3cc(F)c(C)cc3[nH]c(=O)n2n1.Cc1nc2c3cc(F)c(C)cc3nc(Cl)n2n1.Cc1nc2c3cc(F)c(C)cc3nc(N3CCN(C)CC3)n2n1.Cl.Cl.ClI.O=P(Cl)(Cl)Cl.[C-]#N.[Cu+]. The van der Waals surface area contributed by atoms with Crippen molar-refractivity contribution >= 4 is 236 Å². The zero-order valence-corrected chi connectivity index (χ0v) is 86.1. The predicted octanol–water partition coefficient (Wildman–Crippen LogP) is 19.2. The number of amides is 2. The van der Waals surface area contributed by atoms with Crippen LogP contribution in [0.3, 0.4) is 0 Å². The average molecular weight is 2310 g/mol. The molecule has 12 N–H and O–H groups in total. The first-order valence-electron chi connectivity index (χ1n) is 38.0. The van der Waals surface area contributed by atoms with Crippen LogP contribution in [0.1, 0.15) is 88.3 Å². The zero-order valence-electron chi connectivity index (χ0n) is 73.7. The van der Waals surface area contributed by atoms with Crippen LogP contribution in [0.2, 0.25) is 5.28 Å². The number of fused-ring (bicyclic) bond motifs is 9. The summed E-state index contributed by atoms with van der Waals surface area (Å²) >= 11 is 28.2. The van der Waals surface area contributed by atoms with Gasteiger partial charge in [-0.25, -0.2) is 75.9 Å². The number of piperazine rings is 2. The molecular weight excluding hydrogens is 2210 g/mol. The molecule has 0 saturated carbocycles. The Labute approximate surface area is 840 Å².